The van der Waals surface area contributed by atoms with Gasteiger partial charge in [0.1, 0.15) is 0 Å². The Morgan fingerprint density at radius 1 is 1.17 bits per heavy atom. The van der Waals surface area contributed by atoms with Crippen molar-refractivity contribution in [1.29, 1.82) is 0 Å². The van der Waals surface area contributed by atoms with Gasteiger partial charge in [-0.2, -0.15) is 0 Å². The van der Waals surface area contributed by atoms with E-state index in [1.807, 2.05) is 44.5 Å². The van der Waals surface area contributed by atoms with Crippen LogP contribution in [-0.2, 0) is 4.79 Å². The van der Waals surface area contributed by atoms with Gasteiger partial charge in [0, 0.05) is 12.7 Å². The number of piperidine rings is 1. The summed E-state index contributed by atoms with van der Waals surface area (Å²) in [4.78, 5) is 26.8. The summed E-state index contributed by atoms with van der Waals surface area (Å²) in [5.41, 5.74) is 5.02. The van der Waals surface area contributed by atoms with E-state index in [0.29, 0.717) is 5.69 Å². The van der Waals surface area contributed by atoms with Crippen molar-refractivity contribution in [3.05, 3.63) is 40.2 Å². The third-order valence-corrected chi connectivity index (χ3v) is 5.45. The molecule has 29 heavy (non-hydrogen) atoms. The molecule has 0 saturated carbocycles. The molecule has 1 saturated heterocycles. The summed E-state index contributed by atoms with van der Waals surface area (Å²) in [5, 5.41) is 14.6. The molecule has 8 heteroatoms. The predicted octanol–water partition coefficient (Wildman–Crippen LogP) is 2.15. The van der Waals surface area contributed by atoms with Crippen LogP contribution in [0.1, 0.15) is 51.8 Å². The molecule has 1 aromatic carbocycles. The number of aryl methyl sites for hydroxylation is 3. The van der Waals surface area contributed by atoms with Crippen LogP contribution in [0.4, 0.5) is 5.69 Å². The number of nitrogens with zero attached hydrogens (tertiary/aromatic N) is 4. The molecule has 156 valence electrons. The fourth-order valence-corrected chi connectivity index (χ4v) is 3.96. The number of hydrogen-bond donors (Lipinski definition) is 2. The Balaban J connectivity index is 1.66. The zero-order valence-corrected chi connectivity index (χ0v) is 17.9. The van der Waals surface area contributed by atoms with E-state index in [1.165, 1.54) is 4.90 Å². The standard InChI is InChI=1S/C21H30N6O2/c1-13-10-14(2)19(15(3)11-13)23-18(28)12-26(5)21(29)20-16(4)27(25-24-20)17-6-8-22-9-7-17/h10-11,17,22H,6-9,12H2,1-5H3,(H,23,28). The summed E-state index contributed by atoms with van der Waals surface area (Å²) in [6.07, 6.45) is 1.93. The number of hydrogen-bond acceptors (Lipinski definition) is 5. The van der Waals surface area contributed by atoms with Gasteiger partial charge >= 0.3 is 0 Å². The summed E-state index contributed by atoms with van der Waals surface area (Å²) in [6.45, 7) is 9.64. The second-order valence-electron chi connectivity index (χ2n) is 7.93. The van der Waals surface area contributed by atoms with Crippen molar-refractivity contribution in [2.24, 2.45) is 0 Å². The van der Waals surface area contributed by atoms with Crippen LogP contribution < -0.4 is 10.6 Å². The second-order valence-corrected chi connectivity index (χ2v) is 7.93. The number of carbonyl (C=O) groups excluding carboxylic acids is 2. The number of aromatic nitrogens is 3. The van der Waals surface area contributed by atoms with E-state index in [2.05, 4.69) is 20.9 Å². The molecule has 0 bridgehead atoms. The summed E-state index contributed by atoms with van der Waals surface area (Å²) in [6, 6.07) is 4.31. The summed E-state index contributed by atoms with van der Waals surface area (Å²) in [5.74, 6) is -0.533. The van der Waals surface area contributed by atoms with Crippen molar-refractivity contribution in [3.8, 4) is 0 Å². The van der Waals surface area contributed by atoms with E-state index in [9.17, 15) is 9.59 Å². The van der Waals surface area contributed by atoms with Gasteiger partial charge < -0.3 is 15.5 Å². The molecule has 2 amide bonds. The third kappa shape index (κ3) is 4.64. The van der Waals surface area contributed by atoms with Crippen LogP contribution in [0.25, 0.3) is 0 Å². The molecule has 0 atom stereocenters. The van der Waals surface area contributed by atoms with Gasteiger partial charge in [0.05, 0.1) is 18.3 Å². The van der Waals surface area contributed by atoms with E-state index in [0.717, 1.165) is 54.0 Å². The molecule has 3 rings (SSSR count). The number of anilines is 1. The van der Waals surface area contributed by atoms with Crippen molar-refractivity contribution in [3.63, 3.8) is 0 Å². The maximum absolute atomic E-state index is 12.8. The van der Waals surface area contributed by atoms with Crippen LogP contribution in [0.3, 0.4) is 0 Å². The molecule has 0 unspecified atom stereocenters. The highest BCUT2D eigenvalue weighted by Gasteiger charge is 2.25. The number of nitrogens with one attached hydrogen (secondary N) is 2. The third-order valence-electron chi connectivity index (χ3n) is 5.45. The smallest absolute Gasteiger partial charge is 0.276 e. The Kier molecular flexibility index (Phi) is 6.32. The van der Waals surface area contributed by atoms with Crippen molar-refractivity contribution in [2.45, 2.75) is 46.6 Å². The lowest BCUT2D eigenvalue weighted by Gasteiger charge is -2.23. The fraction of sp³-hybridized carbons (Fsp3) is 0.524. The van der Waals surface area contributed by atoms with E-state index in [4.69, 9.17) is 0 Å². The maximum atomic E-state index is 12.8. The van der Waals surface area contributed by atoms with Gasteiger partial charge in [-0.3, -0.25) is 9.59 Å². The van der Waals surface area contributed by atoms with Crippen LogP contribution in [0.2, 0.25) is 0 Å². The molecule has 0 aliphatic carbocycles. The van der Waals surface area contributed by atoms with Gasteiger partial charge in [0.2, 0.25) is 5.91 Å². The largest absolute Gasteiger partial charge is 0.331 e. The number of amides is 2. The van der Waals surface area contributed by atoms with E-state index < -0.39 is 0 Å². The normalized spacial score (nSPS) is 14.7. The molecule has 1 aromatic heterocycles. The Hall–Kier alpha value is -2.74. The first kappa shape index (κ1) is 21.0. The van der Waals surface area contributed by atoms with Gasteiger partial charge in [0.25, 0.3) is 5.91 Å². The fourth-order valence-electron chi connectivity index (χ4n) is 3.96. The number of carbonyl (C=O) groups is 2. The lowest BCUT2D eigenvalue weighted by molar-refractivity contribution is -0.116. The van der Waals surface area contributed by atoms with Crippen molar-refractivity contribution in [1.82, 2.24) is 25.2 Å². The van der Waals surface area contributed by atoms with Crippen molar-refractivity contribution in [2.75, 3.05) is 32.0 Å². The van der Waals surface area contributed by atoms with Crippen LogP contribution in [0.15, 0.2) is 12.1 Å². The molecule has 1 aliphatic rings. The molecular formula is C21H30N6O2. The Morgan fingerprint density at radius 2 is 1.79 bits per heavy atom. The molecule has 1 aliphatic heterocycles. The van der Waals surface area contributed by atoms with Gasteiger partial charge in [-0.05, 0) is 64.8 Å². The minimum atomic E-state index is -0.296. The summed E-state index contributed by atoms with van der Waals surface area (Å²) >= 11 is 0. The van der Waals surface area contributed by atoms with Gasteiger partial charge in [-0.25, -0.2) is 4.68 Å². The highest BCUT2D eigenvalue weighted by atomic mass is 16.2. The van der Waals surface area contributed by atoms with Gasteiger partial charge in [0.15, 0.2) is 5.69 Å². The van der Waals surface area contributed by atoms with Crippen LogP contribution in [-0.4, -0.2) is 58.4 Å². The molecule has 2 heterocycles. The lowest BCUT2D eigenvalue weighted by atomic mass is 10.1. The summed E-state index contributed by atoms with van der Waals surface area (Å²) < 4.78 is 1.85. The van der Waals surface area contributed by atoms with Crippen LogP contribution in [0, 0.1) is 27.7 Å². The number of rotatable bonds is 5. The number of likely N-dealkylation sites (N-methyl/N-ethyl adjacent to an activating group) is 1. The average Bonchev–Trinajstić information content (AvgIpc) is 3.06. The molecular weight excluding hydrogens is 368 g/mol. The minimum absolute atomic E-state index is 0.0504. The first-order valence-electron chi connectivity index (χ1n) is 10.0. The van der Waals surface area contributed by atoms with Crippen molar-refractivity contribution < 1.29 is 9.59 Å². The van der Waals surface area contributed by atoms with E-state index >= 15 is 0 Å². The SMILES string of the molecule is Cc1cc(C)c(NC(=O)CN(C)C(=O)c2nnn(C3CCNCC3)c2C)c(C)c1. The highest BCUT2D eigenvalue weighted by Crippen LogP contribution is 2.22. The Morgan fingerprint density at radius 3 is 2.41 bits per heavy atom. The lowest BCUT2D eigenvalue weighted by Crippen LogP contribution is -2.36. The van der Waals surface area contributed by atoms with Gasteiger partial charge in [-0.15, -0.1) is 5.10 Å². The first-order chi connectivity index (χ1) is 13.8. The monoisotopic (exact) mass is 398 g/mol. The quantitative estimate of drug-likeness (QED) is 0.805. The molecule has 8 nitrogen and oxygen atoms in total. The zero-order valence-electron chi connectivity index (χ0n) is 17.9. The molecule has 0 radical (unpaired) electrons. The molecule has 0 spiro atoms. The van der Waals surface area contributed by atoms with E-state index in [1.54, 1.807) is 7.05 Å². The molecule has 1 fully saturated rings. The topological polar surface area (TPSA) is 92.2 Å². The predicted molar refractivity (Wildman–Crippen MR) is 112 cm³/mol. The van der Waals surface area contributed by atoms with Crippen LogP contribution in [0.5, 0.6) is 0 Å². The zero-order chi connectivity index (χ0) is 21.1. The molecule has 2 aromatic rings. The van der Waals surface area contributed by atoms with Crippen LogP contribution >= 0.6 is 0 Å². The maximum Gasteiger partial charge on any atom is 0.276 e. The highest BCUT2D eigenvalue weighted by molar-refractivity contribution is 5.99. The molecule has 2 N–H and O–H groups in total. The Labute approximate surface area is 171 Å². The minimum Gasteiger partial charge on any atom is -0.331 e. The number of benzene rings is 1. The second kappa shape index (κ2) is 8.73. The Bertz CT molecular complexity index is 891. The summed E-state index contributed by atoms with van der Waals surface area (Å²) in [7, 11) is 1.61. The van der Waals surface area contributed by atoms with E-state index in [-0.39, 0.29) is 24.4 Å². The first-order valence-corrected chi connectivity index (χ1v) is 10.0. The average molecular weight is 399 g/mol. The van der Waals surface area contributed by atoms with Gasteiger partial charge in [-0.1, -0.05) is 22.9 Å². The van der Waals surface area contributed by atoms with Crippen molar-refractivity contribution >= 4 is 17.5 Å².